The van der Waals surface area contributed by atoms with Crippen molar-refractivity contribution in [1.29, 1.82) is 0 Å². The first-order valence-electron chi connectivity index (χ1n) is 7.72. The van der Waals surface area contributed by atoms with Crippen molar-refractivity contribution in [3.05, 3.63) is 70.1 Å². The van der Waals surface area contributed by atoms with Gasteiger partial charge in [0.25, 0.3) is 11.6 Å². The molecule has 2 aromatic rings. The van der Waals surface area contributed by atoms with Crippen LogP contribution in [0.3, 0.4) is 0 Å². The van der Waals surface area contributed by atoms with Crippen molar-refractivity contribution in [2.75, 3.05) is 6.61 Å². The summed E-state index contributed by atoms with van der Waals surface area (Å²) in [7, 11) is 0. The summed E-state index contributed by atoms with van der Waals surface area (Å²) in [5.41, 5.74) is 7.20. The smallest absolute Gasteiger partial charge is 0.268 e. The number of benzene rings is 2. The maximum absolute atomic E-state index is 12.4. The average molecular weight is 342 g/mol. The van der Waals surface area contributed by atoms with E-state index in [0.29, 0.717) is 5.56 Å². The molecule has 130 valence electrons. The van der Waals surface area contributed by atoms with E-state index in [1.165, 1.54) is 6.07 Å². The van der Waals surface area contributed by atoms with Gasteiger partial charge in [-0.05, 0) is 18.6 Å². The second-order valence-corrected chi connectivity index (χ2v) is 5.53. The molecule has 1 atom stereocenters. The van der Waals surface area contributed by atoms with Gasteiger partial charge in [0.2, 0.25) is 5.91 Å². The summed E-state index contributed by atoms with van der Waals surface area (Å²) < 4.78 is 5.47. The number of aryl methyl sites for hydroxylation is 1. The highest BCUT2D eigenvalue weighted by Gasteiger charge is 2.24. The Balaban J connectivity index is 2.01. The Kier molecular flexibility index (Phi) is 6.36. The molecule has 0 bridgehead atoms. The Morgan fingerprint density at radius 2 is 1.88 bits per heavy atom. The van der Waals surface area contributed by atoms with Gasteiger partial charge in [0.1, 0.15) is 11.6 Å². The van der Waals surface area contributed by atoms with Crippen molar-refractivity contribution < 1.29 is 19.5 Å². The van der Waals surface area contributed by atoms with E-state index in [-0.39, 0.29) is 24.5 Å². The number of nitrogens with one attached hydrogen (secondary N) is 2. The van der Waals surface area contributed by atoms with E-state index in [1.807, 2.05) is 30.3 Å². The van der Waals surface area contributed by atoms with Gasteiger partial charge in [-0.25, -0.2) is 0 Å². The number of hydrogen-bond acceptors (Lipinski definition) is 4. The van der Waals surface area contributed by atoms with E-state index in [1.54, 1.807) is 24.2 Å². The molecule has 0 aliphatic heterocycles. The first kappa shape index (κ1) is 18.3. The Morgan fingerprint density at radius 3 is 2.52 bits per heavy atom. The number of ether oxygens (including phenoxy) is 1. The van der Waals surface area contributed by atoms with Gasteiger partial charge in [0, 0.05) is 15.6 Å². The van der Waals surface area contributed by atoms with Crippen LogP contribution in [0.15, 0.2) is 48.5 Å². The highest BCUT2D eigenvalue weighted by Crippen LogP contribution is 2.15. The van der Waals surface area contributed by atoms with E-state index in [2.05, 4.69) is 5.32 Å². The lowest BCUT2D eigenvalue weighted by Gasteiger charge is -2.16. The molecule has 0 aliphatic carbocycles. The minimum absolute atomic E-state index is 0.0675. The zero-order valence-corrected chi connectivity index (χ0v) is 13.8. The molecule has 2 aromatic carbocycles. The second kappa shape index (κ2) is 8.70. The third-order valence-corrected chi connectivity index (χ3v) is 3.66. The predicted molar refractivity (Wildman–Crippen MR) is 91.7 cm³/mol. The van der Waals surface area contributed by atoms with Gasteiger partial charge < -0.3 is 15.8 Å². The van der Waals surface area contributed by atoms with Gasteiger partial charge in [-0.3, -0.25) is 9.59 Å². The second-order valence-electron chi connectivity index (χ2n) is 5.53. The number of para-hydroxylation sites is 1. The van der Waals surface area contributed by atoms with Crippen LogP contribution in [0.1, 0.15) is 21.5 Å². The Morgan fingerprint density at radius 1 is 1.16 bits per heavy atom. The number of primary amides is 1. The third kappa shape index (κ3) is 4.95. The fraction of sp³-hybridized carbons (Fsp3) is 0.222. The molecule has 2 rings (SSSR count). The quantitative estimate of drug-likeness (QED) is 0.639. The predicted octanol–water partition coefficient (Wildman–Crippen LogP) is 0.274. The number of hydrogen-bond donors (Lipinski definition) is 3. The van der Waals surface area contributed by atoms with Crippen molar-refractivity contribution >= 4 is 17.5 Å². The molecule has 0 aliphatic rings. The minimum Gasteiger partial charge on any atom is -0.374 e. The molecular formula is C18H20N3O4+. The summed E-state index contributed by atoms with van der Waals surface area (Å²) in [5.74, 6) is -1.29. The molecular weight excluding hydrogens is 322 g/mol. The molecule has 0 saturated heterocycles. The van der Waals surface area contributed by atoms with Gasteiger partial charge in [-0.1, -0.05) is 42.5 Å². The fourth-order valence-corrected chi connectivity index (χ4v) is 2.29. The topological polar surface area (TPSA) is 112 Å². The van der Waals surface area contributed by atoms with E-state index < -0.39 is 17.9 Å². The molecule has 0 radical (unpaired) electrons. The summed E-state index contributed by atoms with van der Waals surface area (Å²) in [5, 5.41) is 4.26. The summed E-state index contributed by atoms with van der Waals surface area (Å²) in [6.07, 6.45) is 0. The van der Waals surface area contributed by atoms with Crippen LogP contribution in [0.2, 0.25) is 0 Å². The van der Waals surface area contributed by atoms with Gasteiger partial charge in [-0.2, -0.15) is 0 Å². The molecule has 0 saturated carbocycles. The summed E-state index contributed by atoms with van der Waals surface area (Å²) in [6.45, 7) is 1.92. The van der Waals surface area contributed by atoms with Crippen LogP contribution in [0.25, 0.3) is 0 Å². The van der Waals surface area contributed by atoms with Crippen molar-refractivity contribution in [2.24, 2.45) is 5.73 Å². The van der Waals surface area contributed by atoms with Gasteiger partial charge in [0.15, 0.2) is 0 Å². The lowest BCUT2D eigenvalue weighted by Crippen LogP contribution is -2.58. The van der Waals surface area contributed by atoms with Crippen molar-refractivity contribution in [3.8, 4) is 0 Å². The minimum atomic E-state index is -1.00. The monoisotopic (exact) mass is 342 g/mol. The number of rotatable bonds is 8. The van der Waals surface area contributed by atoms with E-state index in [4.69, 9.17) is 10.5 Å². The number of carbonyl (C=O) groups is 2. The SMILES string of the molecule is Cc1cccc(C(=O)NC(COCc2ccccc2)C(N)=O)c1[NH+]=O. The van der Waals surface area contributed by atoms with Crippen LogP contribution in [0, 0.1) is 11.8 Å². The molecule has 7 heteroatoms. The third-order valence-electron chi connectivity index (χ3n) is 3.66. The number of nitroso groups, excluding NO2 is 1. The van der Waals surface area contributed by atoms with Crippen molar-refractivity contribution in [1.82, 2.24) is 5.32 Å². The number of amides is 2. The maximum atomic E-state index is 12.4. The van der Waals surface area contributed by atoms with Gasteiger partial charge >= 0.3 is 0 Å². The average Bonchev–Trinajstić information content (AvgIpc) is 2.61. The molecule has 25 heavy (non-hydrogen) atoms. The van der Waals surface area contributed by atoms with Gasteiger partial charge in [0.05, 0.1) is 13.2 Å². The van der Waals surface area contributed by atoms with Gasteiger partial charge in [-0.15, -0.1) is 0 Å². The standard InChI is InChI=1S/C18H19N3O4/c1-12-6-5-9-14(16(12)21-24)18(23)20-15(17(19)22)11-25-10-13-7-3-2-4-8-13/h2-9,15H,10-11H2,1H3,(H2,19,22)(H,20,23)/p+1. The molecule has 0 fully saturated rings. The van der Waals surface area contributed by atoms with Crippen LogP contribution in [-0.4, -0.2) is 24.5 Å². The van der Waals surface area contributed by atoms with Crippen LogP contribution in [0.5, 0.6) is 0 Å². The molecule has 7 nitrogen and oxygen atoms in total. The summed E-state index contributed by atoms with van der Waals surface area (Å²) in [6, 6.07) is 13.2. The van der Waals surface area contributed by atoms with Crippen LogP contribution < -0.4 is 16.2 Å². The molecule has 0 aromatic heterocycles. The Bertz CT molecular complexity index is 762. The highest BCUT2D eigenvalue weighted by molar-refractivity contribution is 6.00. The Labute approximate surface area is 145 Å². The van der Waals surface area contributed by atoms with E-state index >= 15 is 0 Å². The molecule has 1 unspecified atom stereocenters. The number of carbonyl (C=O) groups excluding carboxylic acids is 2. The first-order chi connectivity index (χ1) is 12.0. The maximum Gasteiger partial charge on any atom is 0.268 e. The zero-order chi connectivity index (χ0) is 18.2. The van der Waals surface area contributed by atoms with Crippen LogP contribution in [-0.2, 0) is 16.1 Å². The lowest BCUT2D eigenvalue weighted by atomic mass is 10.1. The fourth-order valence-electron chi connectivity index (χ4n) is 2.29. The molecule has 0 spiro atoms. The zero-order valence-electron chi connectivity index (χ0n) is 13.8. The van der Waals surface area contributed by atoms with Crippen LogP contribution in [0.4, 0.5) is 5.69 Å². The normalized spacial score (nSPS) is 11.6. The van der Waals surface area contributed by atoms with E-state index in [0.717, 1.165) is 5.56 Å². The lowest BCUT2D eigenvalue weighted by molar-refractivity contribution is -0.380. The first-order valence-corrected chi connectivity index (χ1v) is 7.72. The Hall–Kier alpha value is -3.06. The molecule has 4 N–H and O–H groups in total. The summed E-state index contributed by atoms with van der Waals surface area (Å²) in [4.78, 5) is 35.0. The van der Waals surface area contributed by atoms with Crippen molar-refractivity contribution in [3.63, 3.8) is 0 Å². The summed E-state index contributed by atoms with van der Waals surface area (Å²) >= 11 is 0. The molecule has 0 heterocycles. The van der Waals surface area contributed by atoms with E-state index in [9.17, 15) is 14.5 Å². The largest absolute Gasteiger partial charge is 0.374 e. The highest BCUT2D eigenvalue weighted by atomic mass is 16.5. The van der Waals surface area contributed by atoms with Crippen molar-refractivity contribution in [2.45, 2.75) is 19.6 Å². The number of nitrogens with two attached hydrogens (primary N) is 1. The molecule has 2 amide bonds. The van der Waals surface area contributed by atoms with Crippen LogP contribution >= 0.6 is 0 Å².